The third kappa shape index (κ3) is 2.74. The highest BCUT2D eigenvalue weighted by Gasteiger charge is 2.20. The topological polar surface area (TPSA) is 19.4 Å². The lowest BCUT2D eigenvalue weighted by atomic mass is 10.2. The Morgan fingerprint density at radius 2 is 1.95 bits per heavy atom. The molecule has 6 heteroatoms. The van der Waals surface area contributed by atoms with E-state index in [9.17, 15) is 4.39 Å². The summed E-state index contributed by atoms with van der Waals surface area (Å²) in [4.78, 5) is 8.64. The van der Waals surface area contributed by atoms with Crippen LogP contribution in [0.5, 0.6) is 0 Å². The average Bonchev–Trinajstić information content (AvgIpc) is 3.01. The van der Waals surface area contributed by atoms with E-state index in [-0.39, 0.29) is 5.82 Å². The van der Waals surface area contributed by atoms with Gasteiger partial charge >= 0.3 is 0 Å². The van der Waals surface area contributed by atoms with Gasteiger partial charge in [0.2, 0.25) is 0 Å². The van der Waals surface area contributed by atoms with Gasteiger partial charge in [-0.2, -0.15) is 0 Å². The number of rotatable bonds is 3. The first-order valence-electron chi connectivity index (χ1n) is 6.51. The normalized spacial score (nSPS) is 15.7. The van der Waals surface area contributed by atoms with Gasteiger partial charge in [-0.25, -0.2) is 9.37 Å². The lowest BCUT2D eigenvalue weighted by Crippen LogP contribution is -2.46. The maximum absolute atomic E-state index is 14.1. The summed E-state index contributed by atoms with van der Waals surface area (Å²) in [6.07, 6.45) is 1.82. The van der Waals surface area contributed by atoms with Crippen molar-refractivity contribution in [3.8, 4) is 0 Å². The first kappa shape index (κ1) is 13.6. The molecular formula is C14H15ClFN3S. The minimum absolute atomic E-state index is 0.189. The van der Waals surface area contributed by atoms with Crippen molar-refractivity contribution in [2.24, 2.45) is 0 Å². The van der Waals surface area contributed by atoms with E-state index in [1.807, 2.05) is 23.7 Å². The molecule has 1 aliphatic rings. The van der Waals surface area contributed by atoms with E-state index < -0.39 is 0 Å². The number of benzene rings is 1. The highest BCUT2D eigenvalue weighted by molar-refractivity contribution is 7.13. The van der Waals surface area contributed by atoms with Crippen LogP contribution in [0, 0.1) is 5.82 Å². The lowest BCUT2D eigenvalue weighted by molar-refractivity contribution is 0.596. The molecule has 20 heavy (non-hydrogen) atoms. The molecule has 106 valence electrons. The highest BCUT2D eigenvalue weighted by Crippen LogP contribution is 2.25. The predicted octanol–water partition coefficient (Wildman–Crippen LogP) is 3.35. The second kappa shape index (κ2) is 5.97. The zero-order chi connectivity index (χ0) is 13.9. The molecule has 0 aliphatic carbocycles. The van der Waals surface area contributed by atoms with E-state index in [2.05, 4.69) is 14.8 Å². The highest BCUT2D eigenvalue weighted by atomic mass is 35.5. The summed E-state index contributed by atoms with van der Waals surface area (Å²) in [5, 5.41) is 3.02. The van der Waals surface area contributed by atoms with Gasteiger partial charge in [0.05, 0.1) is 5.69 Å². The Kier molecular flexibility index (Phi) is 4.08. The first-order valence-corrected chi connectivity index (χ1v) is 7.93. The molecule has 0 unspecified atom stereocenters. The number of piperazine rings is 1. The summed E-state index contributed by atoms with van der Waals surface area (Å²) in [5.41, 5.74) is 1.48. The van der Waals surface area contributed by atoms with Crippen LogP contribution in [0.2, 0.25) is 0 Å². The summed E-state index contributed by atoms with van der Waals surface area (Å²) in [5.74, 6) is 0.153. The van der Waals surface area contributed by atoms with Gasteiger partial charge in [-0.3, -0.25) is 0 Å². The molecule has 0 radical (unpaired) electrons. The van der Waals surface area contributed by atoms with Crippen LogP contribution in [0.25, 0.3) is 0 Å². The maximum Gasteiger partial charge on any atom is 0.185 e. The van der Waals surface area contributed by atoms with Crippen LogP contribution in [0.1, 0.15) is 5.56 Å². The fourth-order valence-electron chi connectivity index (χ4n) is 2.40. The fourth-order valence-corrected chi connectivity index (χ4v) is 3.26. The van der Waals surface area contributed by atoms with Gasteiger partial charge in [-0.15, -0.1) is 22.9 Å². The molecule has 0 N–H and O–H groups in total. The van der Waals surface area contributed by atoms with Gasteiger partial charge in [0, 0.05) is 43.6 Å². The van der Waals surface area contributed by atoms with Crippen molar-refractivity contribution in [2.45, 2.75) is 5.88 Å². The summed E-state index contributed by atoms with van der Waals surface area (Å²) in [7, 11) is 0. The molecule has 3 nitrogen and oxygen atoms in total. The largest absolute Gasteiger partial charge is 0.366 e. The zero-order valence-electron chi connectivity index (χ0n) is 10.9. The van der Waals surface area contributed by atoms with Crippen LogP contribution in [0.3, 0.4) is 0 Å². The van der Waals surface area contributed by atoms with Crippen LogP contribution in [-0.2, 0) is 5.88 Å². The first-order chi connectivity index (χ1) is 9.78. The molecule has 0 atom stereocenters. The standard InChI is InChI=1S/C14H15ClFN3S/c15-10-11-1-2-13(12(16)9-11)18-4-6-19(7-5-18)14-17-3-8-20-14/h1-3,8-9H,4-7,10H2. The Labute approximate surface area is 126 Å². The molecule has 1 aliphatic heterocycles. The van der Waals surface area contributed by atoms with Crippen molar-refractivity contribution < 1.29 is 4.39 Å². The van der Waals surface area contributed by atoms with Gasteiger partial charge in [0.15, 0.2) is 5.13 Å². The van der Waals surface area contributed by atoms with Gasteiger partial charge in [0.1, 0.15) is 5.82 Å². The number of halogens is 2. The molecule has 1 aromatic heterocycles. The fraction of sp³-hybridized carbons (Fsp3) is 0.357. The van der Waals surface area contributed by atoms with Crippen LogP contribution in [0.4, 0.5) is 15.2 Å². The summed E-state index contributed by atoms with van der Waals surface area (Å²) in [6, 6.07) is 5.24. The van der Waals surface area contributed by atoms with E-state index in [1.54, 1.807) is 11.3 Å². The minimum atomic E-state index is -0.189. The third-order valence-electron chi connectivity index (χ3n) is 3.48. The molecule has 1 saturated heterocycles. The van der Waals surface area contributed by atoms with Crippen molar-refractivity contribution in [2.75, 3.05) is 36.0 Å². The van der Waals surface area contributed by atoms with Gasteiger partial charge in [-0.1, -0.05) is 6.07 Å². The number of thiazole rings is 1. The second-order valence-corrected chi connectivity index (χ2v) is 5.85. The van der Waals surface area contributed by atoms with E-state index in [1.165, 1.54) is 6.07 Å². The SMILES string of the molecule is Fc1cc(CCl)ccc1N1CCN(c2nccs2)CC1. The molecule has 1 aromatic carbocycles. The van der Waals surface area contributed by atoms with Crippen LogP contribution < -0.4 is 9.80 Å². The number of hydrogen-bond acceptors (Lipinski definition) is 4. The molecular weight excluding hydrogens is 297 g/mol. The monoisotopic (exact) mass is 311 g/mol. The zero-order valence-corrected chi connectivity index (χ0v) is 12.5. The van der Waals surface area contributed by atoms with Crippen molar-refractivity contribution in [3.05, 3.63) is 41.2 Å². The third-order valence-corrected chi connectivity index (χ3v) is 4.62. The van der Waals surface area contributed by atoms with E-state index in [0.29, 0.717) is 11.6 Å². The van der Waals surface area contributed by atoms with Crippen molar-refractivity contribution in [1.29, 1.82) is 0 Å². The van der Waals surface area contributed by atoms with Crippen LogP contribution in [-0.4, -0.2) is 31.2 Å². The Hall–Kier alpha value is -1.33. The number of nitrogens with zero attached hydrogens (tertiary/aromatic N) is 3. The van der Waals surface area contributed by atoms with E-state index in [4.69, 9.17) is 11.6 Å². The molecule has 0 bridgehead atoms. The summed E-state index contributed by atoms with van der Waals surface area (Å²) >= 11 is 7.36. The lowest BCUT2D eigenvalue weighted by Gasteiger charge is -2.36. The summed E-state index contributed by atoms with van der Waals surface area (Å²) < 4.78 is 14.1. The summed E-state index contributed by atoms with van der Waals surface area (Å²) in [6.45, 7) is 3.34. The molecule has 2 heterocycles. The van der Waals surface area contributed by atoms with Crippen molar-refractivity contribution in [1.82, 2.24) is 4.98 Å². The molecule has 0 amide bonds. The Morgan fingerprint density at radius 1 is 1.20 bits per heavy atom. The molecule has 1 fully saturated rings. The van der Waals surface area contributed by atoms with E-state index >= 15 is 0 Å². The molecule has 3 rings (SSSR count). The number of hydrogen-bond donors (Lipinski definition) is 0. The van der Waals surface area contributed by atoms with Crippen molar-refractivity contribution >= 4 is 33.8 Å². The Morgan fingerprint density at radius 3 is 2.55 bits per heavy atom. The molecule has 0 saturated carbocycles. The number of alkyl halides is 1. The van der Waals surface area contributed by atoms with Crippen LogP contribution in [0.15, 0.2) is 29.8 Å². The molecule has 2 aromatic rings. The quantitative estimate of drug-likeness (QED) is 0.810. The van der Waals surface area contributed by atoms with Gasteiger partial charge in [0.25, 0.3) is 0 Å². The minimum Gasteiger partial charge on any atom is -0.366 e. The van der Waals surface area contributed by atoms with Crippen molar-refractivity contribution in [3.63, 3.8) is 0 Å². The number of anilines is 2. The van der Waals surface area contributed by atoms with Gasteiger partial charge < -0.3 is 9.80 Å². The maximum atomic E-state index is 14.1. The second-order valence-electron chi connectivity index (χ2n) is 4.71. The Bertz CT molecular complexity index is 568. The smallest absolute Gasteiger partial charge is 0.185 e. The van der Waals surface area contributed by atoms with Gasteiger partial charge in [-0.05, 0) is 17.7 Å². The average molecular weight is 312 g/mol. The predicted molar refractivity (Wildman–Crippen MR) is 82.5 cm³/mol. The van der Waals surface area contributed by atoms with Crippen LogP contribution >= 0.6 is 22.9 Å². The Balaban J connectivity index is 1.69. The number of aromatic nitrogens is 1. The van der Waals surface area contributed by atoms with E-state index in [0.717, 1.165) is 36.9 Å². The molecule has 0 spiro atoms.